The molecule has 0 radical (unpaired) electrons. The average molecular weight is 662 g/mol. The highest BCUT2D eigenvalue weighted by atomic mass is 16.6. The third-order valence-electron chi connectivity index (χ3n) is 8.01. The first-order valence-corrected chi connectivity index (χ1v) is 16.4. The van der Waals surface area contributed by atoms with Crippen molar-refractivity contribution in [3.05, 3.63) is 95.6 Å². The molecule has 3 aromatic rings. The van der Waals surface area contributed by atoms with Crippen LogP contribution in [0.5, 0.6) is 0 Å². The van der Waals surface area contributed by atoms with Gasteiger partial charge in [0.15, 0.2) is 6.10 Å². The van der Waals surface area contributed by atoms with Gasteiger partial charge in [-0.1, -0.05) is 92.7 Å². The fraction of sp³-hybridized carbons (Fsp3) is 0.432. The Morgan fingerprint density at radius 3 is 1.98 bits per heavy atom. The van der Waals surface area contributed by atoms with Gasteiger partial charge in [0.05, 0.1) is 32.5 Å². The number of aliphatic hydroxyl groups is 1. The molecule has 5 N–H and O–H groups in total. The van der Waals surface area contributed by atoms with E-state index in [4.69, 9.17) is 24.7 Å². The smallest absolute Gasteiger partial charge is 0.407 e. The van der Waals surface area contributed by atoms with Crippen LogP contribution in [0.1, 0.15) is 42.9 Å². The van der Waals surface area contributed by atoms with E-state index in [1.165, 1.54) is 0 Å². The quantitative estimate of drug-likeness (QED) is 0.111. The average Bonchev–Trinajstić information content (AvgIpc) is 3.41. The molecule has 11 nitrogen and oxygen atoms in total. The maximum atomic E-state index is 13.4. The van der Waals surface area contributed by atoms with Gasteiger partial charge in [0, 0.05) is 12.5 Å². The number of benzene rings is 3. The van der Waals surface area contributed by atoms with E-state index in [0.717, 1.165) is 27.8 Å². The Morgan fingerprint density at radius 1 is 0.771 bits per heavy atom. The van der Waals surface area contributed by atoms with Crippen molar-refractivity contribution in [2.45, 2.75) is 50.8 Å². The molecule has 11 heteroatoms. The molecule has 3 atom stereocenters. The second-order valence-corrected chi connectivity index (χ2v) is 12.1. The Bertz CT molecular complexity index is 1420. The van der Waals surface area contributed by atoms with Crippen molar-refractivity contribution >= 4 is 18.0 Å². The molecule has 1 aliphatic carbocycles. The van der Waals surface area contributed by atoms with E-state index in [0.29, 0.717) is 26.4 Å². The number of aliphatic hydroxyl groups excluding tert-OH is 1. The van der Waals surface area contributed by atoms with Crippen molar-refractivity contribution < 1.29 is 38.4 Å². The number of ether oxygens (including phenoxy) is 4. The van der Waals surface area contributed by atoms with Crippen molar-refractivity contribution in [3.8, 4) is 11.1 Å². The largest absolute Gasteiger partial charge is 0.462 e. The normalized spacial score (nSPS) is 14.0. The summed E-state index contributed by atoms with van der Waals surface area (Å²) in [7, 11) is 0. The van der Waals surface area contributed by atoms with Crippen LogP contribution in [-0.4, -0.2) is 87.4 Å². The highest BCUT2D eigenvalue weighted by Gasteiger charge is 2.33. The number of alkyl carbamates (subject to hydrolysis) is 1. The molecule has 0 fully saturated rings. The monoisotopic (exact) mass is 661 g/mol. The number of esters is 1. The molecule has 0 aliphatic heterocycles. The summed E-state index contributed by atoms with van der Waals surface area (Å²) in [6.07, 6.45) is -2.03. The van der Waals surface area contributed by atoms with Crippen LogP contribution in [0.25, 0.3) is 11.1 Å². The summed E-state index contributed by atoms with van der Waals surface area (Å²) < 4.78 is 21.7. The van der Waals surface area contributed by atoms with Crippen LogP contribution >= 0.6 is 0 Å². The van der Waals surface area contributed by atoms with Crippen molar-refractivity contribution in [1.82, 2.24) is 10.6 Å². The van der Waals surface area contributed by atoms with Gasteiger partial charge in [0.2, 0.25) is 0 Å². The second kappa shape index (κ2) is 18.9. The minimum Gasteiger partial charge on any atom is -0.462 e. The molecule has 1 aliphatic rings. The highest BCUT2D eigenvalue weighted by molar-refractivity contribution is 5.88. The lowest BCUT2D eigenvalue weighted by atomic mass is 9.98. The summed E-state index contributed by atoms with van der Waals surface area (Å²) in [6, 6.07) is 23.2. The Morgan fingerprint density at radius 2 is 1.35 bits per heavy atom. The zero-order chi connectivity index (χ0) is 34.3. The molecule has 0 bridgehead atoms. The number of fused-ring (bicyclic) bond motifs is 3. The summed E-state index contributed by atoms with van der Waals surface area (Å²) in [4.78, 5) is 39.5. The van der Waals surface area contributed by atoms with E-state index in [1.54, 1.807) is 0 Å². The first-order chi connectivity index (χ1) is 23.3. The molecular weight excluding hydrogens is 614 g/mol. The molecule has 3 unspecified atom stereocenters. The highest BCUT2D eigenvalue weighted by Crippen LogP contribution is 2.44. The number of rotatable bonds is 19. The van der Waals surface area contributed by atoms with Crippen molar-refractivity contribution in [2.75, 3.05) is 46.2 Å². The van der Waals surface area contributed by atoms with Crippen LogP contribution in [0.3, 0.4) is 0 Å². The molecule has 0 saturated heterocycles. The topological polar surface area (TPSA) is 158 Å². The van der Waals surface area contributed by atoms with Crippen molar-refractivity contribution in [3.63, 3.8) is 0 Å². The predicted molar refractivity (Wildman–Crippen MR) is 181 cm³/mol. The van der Waals surface area contributed by atoms with Gasteiger partial charge in [-0.2, -0.15) is 0 Å². The summed E-state index contributed by atoms with van der Waals surface area (Å²) in [5, 5.41) is 16.6. The van der Waals surface area contributed by atoms with Crippen molar-refractivity contribution in [2.24, 2.45) is 11.7 Å². The molecule has 0 spiro atoms. The molecule has 2 amide bonds. The summed E-state index contributed by atoms with van der Waals surface area (Å²) in [6.45, 7) is 5.61. The van der Waals surface area contributed by atoms with Crippen molar-refractivity contribution in [1.29, 1.82) is 0 Å². The van der Waals surface area contributed by atoms with Gasteiger partial charge in [-0.3, -0.25) is 4.79 Å². The fourth-order valence-corrected chi connectivity index (χ4v) is 5.73. The van der Waals surface area contributed by atoms with Crippen LogP contribution in [0.4, 0.5) is 4.79 Å². The van der Waals surface area contributed by atoms with Gasteiger partial charge in [-0.25, -0.2) is 9.59 Å². The van der Waals surface area contributed by atoms with E-state index in [-0.39, 0.29) is 44.5 Å². The van der Waals surface area contributed by atoms with Crippen LogP contribution in [-0.2, 0) is 35.0 Å². The number of carbonyl (C=O) groups excluding carboxylic acids is 3. The molecule has 0 saturated carbocycles. The number of carbonyl (C=O) groups is 3. The molecule has 3 aromatic carbocycles. The fourth-order valence-electron chi connectivity index (χ4n) is 5.73. The van der Waals surface area contributed by atoms with Gasteiger partial charge >= 0.3 is 12.1 Å². The maximum absolute atomic E-state index is 13.4. The number of hydrogen-bond acceptors (Lipinski definition) is 9. The first-order valence-electron chi connectivity index (χ1n) is 16.4. The Hall–Kier alpha value is -4.29. The molecular formula is C37H47N3O8. The van der Waals surface area contributed by atoms with E-state index in [2.05, 4.69) is 22.8 Å². The third kappa shape index (κ3) is 10.6. The standard InChI is InChI=1S/C37H47N3O8/c1-25(2)22-33(36(43)47-21-20-46-19-18-45-17-16-38)39-35(42)34(41)32(23-26-10-4-3-5-11-26)40-37(44)48-24-31-29-14-8-6-12-27(29)28-13-7-9-15-30(28)31/h3-15,25,31-34,41H,16-24,38H2,1-2H3,(H,39,42)(H,40,44). The maximum Gasteiger partial charge on any atom is 0.407 e. The third-order valence-corrected chi connectivity index (χ3v) is 8.01. The molecule has 4 rings (SSSR count). The van der Waals surface area contributed by atoms with Crippen LogP contribution in [0.2, 0.25) is 0 Å². The molecule has 48 heavy (non-hydrogen) atoms. The summed E-state index contributed by atoms with van der Waals surface area (Å²) in [5.74, 6) is -1.57. The lowest BCUT2D eigenvalue weighted by molar-refractivity contribution is -0.151. The first kappa shape index (κ1) is 36.5. The molecule has 0 heterocycles. The van der Waals surface area contributed by atoms with Gasteiger partial charge in [0.25, 0.3) is 5.91 Å². The van der Waals surface area contributed by atoms with E-state index in [9.17, 15) is 19.5 Å². The van der Waals surface area contributed by atoms with Gasteiger partial charge in [-0.15, -0.1) is 0 Å². The van der Waals surface area contributed by atoms with E-state index >= 15 is 0 Å². The van der Waals surface area contributed by atoms with E-state index in [1.807, 2.05) is 80.6 Å². The Kier molecular flexibility index (Phi) is 14.4. The Balaban J connectivity index is 1.37. The van der Waals surface area contributed by atoms with Gasteiger partial charge in [-0.05, 0) is 46.6 Å². The lowest BCUT2D eigenvalue weighted by Gasteiger charge is -2.26. The Labute approximate surface area is 282 Å². The van der Waals surface area contributed by atoms with Gasteiger partial charge in [0.1, 0.15) is 19.3 Å². The predicted octanol–water partition coefficient (Wildman–Crippen LogP) is 3.56. The summed E-state index contributed by atoms with van der Waals surface area (Å²) in [5.41, 5.74) is 10.5. The minimum atomic E-state index is -1.69. The zero-order valence-electron chi connectivity index (χ0n) is 27.6. The number of hydrogen-bond donors (Lipinski definition) is 4. The van der Waals surface area contributed by atoms with Crippen LogP contribution < -0.4 is 16.4 Å². The molecule has 0 aromatic heterocycles. The van der Waals surface area contributed by atoms with Crippen LogP contribution in [0, 0.1) is 5.92 Å². The van der Waals surface area contributed by atoms with E-state index < -0.39 is 36.2 Å². The number of amides is 2. The second-order valence-electron chi connectivity index (χ2n) is 12.1. The van der Waals surface area contributed by atoms with Crippen LogP contribution in [0.15, 0.2) is 78.9 Å². The number of nitrogens with two attached hydrogens (primary N) is 1. The SMILES string of the molecule is CC(C)CC(NC(=O)C(O)C(Cc1ccccc1)NC(=O)OCC1c2ccccc2-c2ccccc21)C(=O)OCCOCCOCCN. The minimum absolute atomic E-state index is 0.0112. The zero-order valence-corrected chi connectivity index (χ0v) is 27.6. The lowest BCUT2D eigenvalue weighted by Crippen LogP contribution is -2.55. The molecule has 258 valence electrons. The summed E-state index contributed by atoms with van der Waals surface area (Å²) >= 11 is 0. The van der Waals surface area contributed by atoms with Gasteiger partial charge < -0.3 is 40.4 Å². The number of nitrogens with one attached hydrogen (secondary N) is 2.